The maximum absolute atomic E-state index is 12.3. The van der Waals surface area contributed by atoms with Gasteiger partial charge in [0.05, 0.1) is 17.8 Å². The summed E-state index contributed by atoms with van der Waals surface area (Å²) < 4.78 is 5.84. The molecule has 4 rings (SSSR count). The van der Waals surface area contributed by atoms with Crippen LogP contribution in [0.25, 0.3) is 0 Å². The average Bonchev–Trinajstić information content (AvgIpc) is 3.02. The Labute approximate surface area is 146 Å². The van der Waals surface area contributed by atoms with Crippen LogP contribution < -0.4 is 0 Å². The Morgan fingerprint density at radius 2 is 1.75 bits per heavy atom. The van der Waals surface area contributed by atoms with Crippen LogP contribution in [0.1, 0.15) is 53.9 Å². The van der Waals surface area contributed by atoms with Gasteiger partial charge in [0, 0.05) is 17.9 Å². The fourth-order valence-electron chi connectivity index (χ4n) is 7.80. The van der Waals surface area contributed by atoms with Crippen molar-refractivity contribution in [2.45, 2.75) is 71.7 Å². The molecule has 0 aliphatic heterocycles. The Hall–Kier alpha value is -0.380. The highest BCUT2D eigenvalue weighted by Gasteiger charge is 2.77. The predicted octanol–water partition coefficient (Wildman–Crippen LogP) is 3.40. The van der Waals surface area contributed by atoms with E-state index in [4.69, 9.17) is 4.74 Å². The van der Waals surface area contributed by atoms with Crippen molar-refractivity contribution in [2.24, 2.45) is 39.9 Å². The van der Waals surface area contributed by atoms with Gasteiger partial charge in [-0.2, -0.15) is 0 Å². The lowest BCUT2D eigenvalue weighted by Crippen LogP contribution is -2.68. The second kappa shape index (κ2) is 4.66. The molecule has 136 valence electrons. The molecule has 3 saturated carbocycles. The van der Waals surface area contributed by atoms with Crippen LogP contribution in [0, 0.1) is 39.9 Å². The fraction of sp³-hybridized carbons (Fsp3) is 0.905. The minimum absolute atomic E-state index is 0.0236. The third-order valence-corrected chi connectivity index (χ3v) is 8.96. The van der Waals surface area contributed by atoms with E-state index in [0.29, 0.717) is 11.8 Å². The summed E-state index contributed by atoms with van der Waals surface area (Å²) in [5.41, 5.74) is -1.56. The van der Waals surface area contributed by atoms with Crippen LogP contribution in [0.2, 0.25) is 0 Å². The molecule has 0 radical (unpaired) electrons. The molecule has 0 bridgehead atoms. The normalized spacial score (nSPS) is 60.8. The van der Waals surface area contributed by atoms with E-state index in [2.05, 4.69) is 46.8 Å². The summed E-state index contributed by atoms with van der Waals surface area (Å²) in [7, 11) is 1.80. The topological polar surface area (TPSA) is 49.7 Å². The molecule has 0 aromatic carbocycles. The van der Waals surface area contributed by atoms with Crippen LogP contribution in [-0.2, 0) is 4.74 Å². The number of allylic oxidation sites excluding steroid dienone is 1. The molecule has 0 saturated heterocycles. The van der Waals surface area contributed by atoms with E-state index in [1.807, 2.05) is 0 Å². The maximum Gasteiger partial charge on any atom is 0.0847 e. The molecule has 0 aromatic heterocycles. The molecule has 0 heterocycles. The van der Waals surface area contributed by atoms with Crippen LogP contribution in [0.15, 0.2) is 12.2 Å². The van der Waals surface area contributed by atoms with Gasteiger partial charge in [-0.3, -0.25) is 0 Å². The van der Waals surface area contributed by atoms with Gasteiger partial charge >= 0.3 is 0 Å². The van der Waals surface area contributed by atoms with Crippen molar-refractivity contribution in [3.8, 4) is 0 Å². The summed E-state index contributed by atoms with van der Waals surface area (Å²) in [5.74, 6) is 1.32. The Bertz CT molecular complexity index is 584. The standard InChI is InChI=1S/C21H34O3/c1-12-9-14-13(17(12)24-6)11-20(5)16(22)10-15-18(2,3)7-8-19(15,4)21(14,20)23/h7-8,12-17,22-23H,9-11H2,1-6H3/t12-,13+,14+,15+,16-,17+,19-,20-,21-/m1/s1. The summed E-state index contributed by atoms with van der Waals surface area (Å²) in [6.45, 7) is 11.1. The van der Waals surface area contributed by atoms with Crippen molar-refractivity contribution >= 4 is 0 Å². The molecule has 4 aliphatic carbocycles. The van der Waals surface area contributed by atoms with E-state index in [1.54, 1.807) is 7.11 Å². The van der Waals surface area contributed by atoms with Gasteiger partial charge in [-0.15, -0.1) is 0 Å². The number of aliphatic hydroxyl groups excluding tert-OH is 1. The molecule has 4 aliphatic rings. The summed E-state index contributed by atoms with van der Waals surface area (Å²) >= 11 is 0. The van der Waals surface area contributed by atoms with Crippen molar-refractivity contribution in [2.75, 3.05) is 7.11 Å². The number of fused-ring (bicyclic) bond motifs is 5. The highest BCUT2D eigenvalue weighted by atomic mass is 16.5. The lowest BCUT2D eigenvalue weighted by molar-refractivity contribution is -0.244. The van der Waals surface area contributed by atoms with Gasteiger partial charge in [0.2, 0.25) is 0 Å². The number of ether oxygens (including phenoxy) is 1. The van der Waals surface area contributed by atoms with E-state index >= 15 is 0 Å². The number of aliphatic hydroxyl groups is 2. The van der Waals surface area contributed by atoms with Gasteiger partial charge < -0.3 is 14.9 Å². The van der Waals surface area contributed by atoms with Crippen molar-refractivity contribution in [3.05, 3.63) is 12.2 Å². The molecule has 9 atom stereocenters. The van der Waals surface area contributed by atoms with Gasteiger partial charge in [0.25, 0.3) is 0 Å². The molecule has 0 spiro atoms. The molecule has 3 fully saturated rings. The van der Waals surface area contributed by atoms with Gasteiger partial charge in [0.1, 0.15) is 0 Å². The molecule has 0 aromatic rings. The van der Waals surface area contributed by atoms with Crippen LogP contribution >= 0.6 is 0 Å². The molecular weight excluding hydrogens is 300 g/mol. The van der Waals surface area contributed by atoms with Gasteiger partial charge in [-0.25, -0.2) is 0 Å². The zero-order chi connectivity index (χ0) is 17.7. The Kier molecular flexibility index (Phi) is 3.31. The molecule has 2 N–H and O–H groups in total. The SMILES string of the molecule is CO[C@@H]1[C@H]2C[C@]3(C)[C@H](O)C[C@H]4C(C)(C)C=C[C@@]4(C)[C@]3(O)[C@H]2C[C@H]1C. The van der Waals surface area contributed by atoms with Crippen LogP contribution in [0.3, 0.4) is 0 Å². The number of hydrogen-bond acceptors (Lipinski definition) is 3. The summed E-state index contributed by atoms with van der Waals surface area (Å²) in [4.78, 5) is 0. The molecule has 0 amide bonds. The monoisotopic (exact) mass is 334 g/mol. The first-order valence-electron chi connectivity index (χ1n) is 9.66. The van der Waals surface area contributed by atoms with Crippen molar-refractivity contribution in [1.82, 2.24) is 0 Å². The van der Waals surface area contributed by atoms with Gasteiger partial charge in [-0.1, -0.05) is 46.8 Å². The fourth-order valence-corrected chi connectivity index (χ4v) is 7.80. The third-order valence-electron chi connectivity index (χ3n) is 8.96. The van der Waals surface area contributed by atoms with E-state index < -0.39 is 17.1 Å². The number of methoxy groups -OCH3 is 1. The van der Waals surface area contributed by atoms with E-state index in [0.717, 1.165) is 19.3 Å². The maximum atomic E-state index is 12.3. The Balaban J connectivity index is 1.87. The Morgan fingerprint density at radius 3 is 2.38 bits per heavy atom. The zero-order valence-electron chi connectivity index (χ0n) is 16.0. The van der Waals surface area contributed by atoms with Crippen LogP contribution in [0.5, 0.6) is 0 Å². The van der Waals surface area contributed by atoms with Gasteiger partial charge in [0.15, 0.2) is 0 Å². The molecule has 0 unspecified atom stereocenters. The minimum Gasteiger partial charge on any atom is -0.392 e. The second-order valence-corrected chi connectivity index (χ2v) is 10.3. The summed E-state index contributed by atoms with van der Waals surface area (Å²) in [6, 6.07) is 0. The summed E-state index contributed by atoms with van der Waals surface area (Å²) in [6.07, 6.45) is 6.98. The highest BCUT2D eigenvalue weighted by Crippen LogP contribution is 2.74. The Morgan fingerprint density at radius 1 is 1.08 bits per heavy atom. The molecule has 24 heavy (non-hydrogen) atoms. The van der Waals surface area contributed by atoms with Crippen molar-refractivity contribution < 1.29 is 14.9 Å². The minimum atomic E-state index is -0.862. The van der Waals surface area contributed by atoms with E-state index in [1.165, 1.54) is 0 Å². The predicted molar refractivity (Wildman–Crippen MR) is 94.4 cm³/mol. The quantitative estimate of drug-likeness (QED) is 0.723. The second-order valence-electron chi connectivity index (χ2n) is 10.3. The summed E-state index contributed by atoms with van der Waals surface area (Å²) in [5, 5.41) is 23.5. The number of hydrogen-bond donors (Lipinski definition) is 2. The van der Waals surface area contributed by atoms with E-state index in [9.17, 15) is 10.2 Å². The molecule has 3 heteroatoms. The van der Waals surface area contributed by atoms with Gasteiger partial charge in [-0.05, 0) is 48.3 Å². The van der Waals surface area contributed by atoms with Crippen molar-refractivity contribution in [3.63, 3.8) is 0 Å². The van der Waals surface area contributed by atoms with Crippen molar-refractivity contribution in [1.29, 1.82) is 0 Å². The lowest BCUT2D eigenvalue weighted by Gasteiger charge is -2.62. The largest absolute Gasteiger partial charge is 0.392 e. The van der Waals surface area contributed by atoms with Crippen LogP contribution in [0.4, 0.5) is 0 Å². The first-order valence-corrected chi connectivity index (χ1v) is 9.66. The molecule has 3 nitrogen and oxygen atoms in total. The number of rotatable bonds is 1. The van der Waals surface area contributed by atoms with Crippen LogP contribution in [-0.4, -0.2) is 35.1 Å². The average molecular weight is 335 g/mol. The highest BCUT2D eigenvalue weighted by molar-refractivity contribution is 5.34. The first-order chi connectivity index (χ1) is 11.0. The third kappa shape index (κ3) is 1.61. The first kappa shape index (κ1) is 17.1. The molecular formula is C21H34O3. The lowest BCUT2D eigenvalue weighted by atomic mass is 9.46. The smallest absolute Gasteiger partial charge is 0.0847 e. The van der Waals surface area contributed by atoms with E-state index in [-0.39, 0.29) is 28.8 Å². The zero-order valence-corrected chi connectivity index (χ0v) is 16.0.